The van der Waals surface area contributed by atoms with E-state index in [2.05, 4.69) is 10.6 Å². The number of hydrogen-bond acceptors (Lipinski definition) is 4. The maximum absolute atomic E-state index is 11.3. The summed E-state index contributed by atoms with van der Waals surface area (Å²) in [6.07, 6.45) is 0.354. The first-order valence-electron chi connectivity index (χ1n) is 6.63. The van der Waals surface area contributed by atoms with Gasteiger partial charge in [-0.3, -0.25) is 4.79 Å². The highest BCUT2D eigenvalue weighted by Crippen LogP contribution is 2.31. The molecule has 1 aromatic heterocycles. The minimum Gasteiger partial charge on any atom is -0.459 e. The molecule has 1 heterocycles. The van der Waals surface area contributed by atoms with Crippen LogP contribution in [0.2, 0.25) is 5.02 Å². The van der Waals surface area contributed by atoms with Gasteiger partial charge in [0.05, 0.1) is 5.02 Å². The van der Waals surface area contributed by atoms with E-state index in [-0.39, 0.29) is 17.6 Å². The van der Waals surface area contributed by atoms with Crippen LogP contribution in [0.4, 0.5) is 5.69 Å². The molecule has 1 aromatic carbocycles. The van der Waals surface area contributed by atoms with Crippen molar-refractivity contribution in [1.82, 2.24) is 5.32 Å². The van der Waals surface area contributed by atoms with Crippen LogP contribution in [0.3, 0.4) is 0 Å². The van der Waals surface area contributed by atoms with Gasteiger partial charge in [-0.1, -0.05) is 18.5 Å². The second kappa shape index (κ2) is 7.40. The van der Waals surface area contributed by atoms with E-state index in [1.807, 2.05) is 0 Å². The zero-order valence-electron chi connectivity index (χ0n) is 11.9. The molecule has 0 saturated heterocycles. The lowest BCUT2D eigenvalue weighted by molar-refractivity contribution is -0.119. The minimum absolute atomic E-state index is 0.160. The highest BCUT2D eigenvalue weighted by atomic mass is 35.5. The minimum atomic E-state index is -0.164. The van der Waals surface area contributed by atoms with E-state index in [9.17, 15) is 4.79 Å². The second-order valence-corrected chi connectivity index (χ2v) is 5.29. The predicted octanol–water partition coefficient (Wildman–Crippen LogP) is 3.32. The van der Waals surface area contributed by atoms with Gasteiger partial charge in [-0.05, 0) is 42.5 Å². The number of aliphatic hydroxyl groups excluding tert-OH is 1. The Kier molecular flexibility index (Phi) is 5.54. The zero-order valence-corrected chi connectivity index (χ0v) is 13.4. The molecule has 7 heteroatoms. The number of carbonyl (C=O) groups excluding carboxylic acids is 1. The molecule has 0 saturated carbocycles. The summed E-state index contributed by atoms with van der Waals surface area (Å²) in [6.45, 7) is 1.58. The van der Waals surface area contributed by atoms with Crippen LogP contribution in [0.25, 0.3) is 11.3 Å². The lowest BCUT2D eigenvalue weighted by atomic mass is 10.1. The number of rotatable bonds is 4. The molecule has 0 aliphatic carbocycles. The number of hydrogen-bond donors (Lipinski definition) is 3. The Labute approximate surface area is 138 Å². The van der Waals surface area contributed by atoms with Crippen LogP contribution in [-0.4, -0.2) is 16.1 Å². The highest BCUT2D eigenvalue weighted by molar-refractivity contribution is 7.80. The summed E-state index contributed by atoms with van der Waals surface area (Å²) >= 11 is 11.3. The van der Waals surface area contributed by atoms with Crippen molar-refractivity contribution in [2.24, 2.45) is 0 Å². The molecule has 0 atom stereocenters. The van der Waals surface area contributed by atoms with Crippen LogP contribution in [0.5, 0.6) is 0 Å². The molecule has 2 aromatic rings. The van der Waals surface area contributed by atoms with Crippen molar-refractivity contribution in [3.63, 3.8) is 0 Å². The Morgan fingerprint density at radius 2 is 2.14 bits per heavy atom. The first-order chi connectivity index (χ1) is 10.5. The van der Waals surface area contributed by atoms with Crippen molar-refractivity contribution in [2.45, 2.75) is 20.0 Å². The van der Waals surface area contributed by atoms with E-state index in [1.54, 1.807) is 37.3 Å². The molecule has 0 radical (unpaired) electrons. The number of carbonyl (C=O) groups is 1. The third kappa shape index (κ3) is 4.07. The molecule has 0 fully saturated rings. The Morgan fingerprint density at radius 3 is 2.73 bits per heavy atom. The van der Waals surface area contributed by atoms with Gasteiger partial charge >= 0.3 is 0 Å². The van der Waals surface area contributed by atoms with E-state index in [1.165, 1.54) is 0 Å². The van der Waals surface area contributed by atoms with Crippen LogP contribution in [0.15, 0.2) is 34.7 Å². The Bertz CT molecular complexity index is 700. The van der Waals surface area contributed by atoms with Gasteiger partial charge in [0, 0.05) is 17.7 Å². The van der Waals surface area contributed by atoms with Crippen molar-refractivity contribution in [3.8, 4) is 11.3 Å². The van der Waals surface area contributed by atoms with Gasteiger partial charge < -0.3 is 20.2 Å². The molecule has 0 bridgehead atoms. The number of nitrogens with one attached hydrogen (secondary N) is 2. The predicted molar refractivity (Wildman–Crippen MR) is 89.7 cm³/mol. The van der Waals surface area contributed by atoms with Crippen LogP contribution in [0.1, 0.15) is 19.1 Å². The third-order valence-corrected chi connectivity index (χ3v) is 3.40. The van der Waals surface area contributed by atoms with Crippen LogP contribution in [0, 0.1) is 0 Å². The maximum atomic E-state index is 11.3. The fraction of sp³-hybridized carbons (Fsp3) is 0.200. The molecule has 116 valence electrons. The van der Waals surface area contributed by atoms with Crippen molar-refractivity contribution in [1.29, 1.82) is 0 Å². The molecule has 0 spiro atoms. The monoisotopic (exact) mass is 338 g/mol. The quantitative estimate of drug-likeness (QED) is 0.746. The van der Waals surface area contributed by atoms with Crippen LogP contribution in [-0.2, 0) is 11.4 Å². The number of benzene rings is 1. The smallest absolute Gasteiger partial charge is 0.225 e. The van der Waals surface area contributed by atoms with E-state index in [0.29, 0.717) is 34.2 Å². The van der Waals surface area contributed by atoms with E-state index in [0.717, 1.165) is 0 Å². The summed E-state index contributed by atoms with van der Waals surface area (Å²) in [5, 5.41) is 15.1. The maximum Gasteiger partial charge on any atom is 0.225 e. The molecule has 2 rings (SSSR count). The summed E-state index contributed by atoms with van der Waals surface area (Å²) in [5.74, 6) is 0.881. The summed E-state index contributed by atoms with van der Waals surface area (Å²) in [4.78, 5) is 11.3. The SMILES string of the molecule is CCC(=O)NC(=S)Nc1ccc(-c2ccc(CO)o2)c(Cl)c1. The molecule has 0 aliphatic rings. The van der Waals surface area contributed by atoms with Gasteiger partial charge in [0.15, 0.2) is 5.11 Å². The number of amides is 1. The summed E-state index contributed by atoms with van der Waals surface area (Å²) < 4.78 is 5.45. The number of thiocarbonyl (C=S) groups is 1. The van der Waals surface area contributed by atoms with Crippen molar-refractivity contribution < 1.29 is 14.3 Å². The standard InChI is InChI=1S/C15H15ClN2O3S/c1-2-14(20)18-15(22)17-9-3-5-11(12(16)7-9)13-6-4-10(8-19)21-13/h3-7,19H,2,8H2,1H3,(H2,17,18,20,22). The number of halogens is 1. The van der Waals surface area contributed by atoms with Gasteiger partial charge in [-0.25, -0.2) is 0 Å². The van der Waals surface area contributed by atoms with Crippen molar-refractivity contribution in [2.75, 3.05) is 5.32 Å². The van der Waals surface area contributed by atoms with Crippen LogP contribution >= 0.6 is 23.8 Å². The average Bonchev–Trinajstić information content (AvgIpc) is 2.95. The normalized spacial score (nSPS) is 10.3. The third-order valence-electron chi connectivity index (χ3n) is 2.88. The zero-order chi connectivity index (χ0) is 16.1. The summed E-state index contributed by atoms with van der Waals surface area (Å²) in [7, 11) is 0. The lowest BCUT2D eigenvalue weighted by Gasteiger charge is -2.10. The largest absolute Gasteiger partial charge is 0.459 e. The first-order valence-corrected chi connectivity index (χ1v) is 7.42. The molecule has 0 aliphatic heterocycles. The first kappa shape index (κ1) is 16.5. The lowest BCUT2D eigenvalue weighted by Crippen LogP contribution is -2.33. The summed E-state index contributed by atoms with van der Waals surface area (Å²) in [5.41, 5.74) is 1.36. The molecule has 22 heavy (non-hydrogen) atoms. The highest BCUT2D eigenvalue weighted by Gasteiger charge is 2.10. The molecule has 0 unspecified atom stereocenters. The van der Waals surface area contributed by atoms with Crippen LogP contribution < -0.4 is 10.6 Å². The number of anilines is 1. The Balaban J connectivity index is 2.12. The van der Waals surface area contributed by atoms with Gasteiger partial charge in [-0.15, -0.1) is 0 Å². The molecule has 5 nitrogen and oxygen atoms in total. The molecular formula is C15H15ClN2O3S. The molecule has 1 amide bonds. The summed E-state index contributed by atoms with van der Waals surface area (Å²) in [6, 6.07) is 8.66. The van der Waals surface area contributed by atoms with Crippen molar-refractivity contribution >= 4 is 40.5 Å². The average molecular weight is 339 g/mol. The molecule has 3 N–H and O–H groups in total. The topological polar surface area (TPSA) is 74.5 Å². The number of furan rings is 1. The van der Waals surface area contributed by atoms with E-state index in [4.69, 9.17) is 33.3 Å². The number of aliphatic hydroxyl groups is 1. The second-order valence-electron chi connectivity index (χ2n) is 4.47. The van der Waals surface area contributed by atoms with Crippen molar-refractivity contribution in [3.05, 3.63) is 41.1 Å². The van der Waals surface area contributed by atoms with E-state index >= 15 is 0 Å². The molecular weight excluding hydrogens is 324 g/mol. The van der Waals surface area contributed by atoms with Gasteiger partial charge in [0.25, 0.3) is 0 Å². The van der Waals surface area contributed by atoms with Gasteiger partial charge in [-0.2, -0.15) is 0 Å². The van der Waals surface area contributed by atoms with Gasteiger partial charge in [0.1, 0.15) is 18.1 Å². The van der Waals surface area contributed by atoms with Gasteiger partial charge in [0.2, 0.25) is 5.91 Å². The van der Waals surface area contributed by atoms with E-state index < -0.39 is 0 Å². The fourth-order valence-electron chi connectivity index (χ4n) is 1.78. The Hall–Kier alpha value is -1.89. The Morgan fingerprint density at radius 1 is 1.36 bits per heavy atom. The fourth-order valence-corrected chi connectivity index (χ4v) is 2.28.